The van der Waals surface area contributed by atoms with Gasteiger partial charge in [0.2, 0.25) is 5.76 Å². The van der Waals surface area contributed by atoms with Crippen LogP contribution in [0, 0.1) is 20.8 Å². The Labute approximate surface area is 133 Å². The van der Waals surface area contributed by atoms with Crippen molar-refractivity contribution in [2.75, 3.05) is 18.0 Å². The highest BCUT2D eigenvalue weighted by atomic mass is 32.2. The molecule has 2 aromatic heterocycles. The van der Waals surface area contributed by atoms with Crippen LogP contribution in [-0.2, 0) is 14.8 Å². The summed E-state index contributed by atoms with van der Waals surface area (Å²) in [5.74, 6) is -0.683. The smallest absolute Gasteiger partial charge is 0.376 e. The lowest BCUT2D eigenvalue weighted by atomic mass is 10.4. The maximum atomic E-state index is 12.7. The summed E-state index contributed by atoms with van der Waals surface area (Å²) in [6.07, 6.45) is 0. The Kier molecular flexibility index (Phi) is 4.46. The number of esters is 1. The Morgan fingerprint density at radius 2 is 1.91 bits per heavy atom. The van der Waals surface area contributed by atoms with E-state index >= 15 is 0 Å². The average Bonchev–Trinajstić information content (AvgIpc) is 3.01. The summed E-state index contributed by atoms with van der Waals surface area (Å²) in [5, 5.41) is 3.63. The number of nitrogens with zero attached hydrogens (tertiary/aromatic N) is 3. The number of carbonyl (C=O) groups is 1. The van der Waals surface area contributed by atoms with Gasteiger partial charge in [-0.2, -0.15) is 4.98 Å². The van der Waals surface area contributed by atoms with E-state index in [1.165, 1.54) is 27.8 Å². The van der Waals surface area contributed by atoms with E-state index in [0.29, 0.717) is 0 Å². The Bertz CT molecular complexity index is 817. The Balaban J connectivity index is 2.43. The summed E-state index contributed by atoms with van der Waals surface area (Å²) in [4.78, 5) is 15.7. The number of oxazole rings is 1. The number of anilines is 1. The standard InChI is InChI=1S/C13H17N3O6S/c1-6-20-12(17)10-7(2)14-13(21-10)16(5)23(18,19)11-8(3)15-22-9(11)4/h6H2,1-5H3. The molecular formula is C13H17N3O6S. The Morgan fingerprint density at radius 1 is 1.26 bits per heavy atom. The molecule has 2 heterocycles. The highest BCUT2D eigenvalue weighted by Crippen LogP contribution is 2.27. The van der Waals surface area contributed by atoms with Crippen LogP contribution in [0.25, 0.3) is 0 Å². The van der Waals surface area contributed by atoms with E-state index in [4.69, 9.17) is 13.7 Å². The summed E-state index contributed by atoms with van der Waals surface area (Å²) < 4.78 is 41.1. The molecule has 0 radical (unpaired) electrons. The van der Waals surface area contributed by atoms with Crippen molar-refractivity contribution in [2.45, 2.75) is 32.6 Å². The van der Waals surface area contributed by atoms with Gasteiger partial charge in [-0.3, -0.25) is 0 Å². The van der Waals surface area contributed by atoms with E-state index in [-0.39, 0.29) is 40.4 Å². The zero-order valence-electron chi connectivity index (χ0n) is 13.4. The number of carbonyl (C=O) groups excluding carboxylic acids is 1. The molecule has 23 heavy (non-hydrogen) atoms. The minimum Gasteiger partial charge on any atom is -0.460 e. The Morgan fingerprint density at radius 3 is 2.43 bits per heavy atom. The lowest BCUT2D eigenvalue weighted by molar-refractivity contribution is 0.0490. The molecule has 10 heteroatoms. The largest absolute Gasteiger partial charge is 0.460 e. The third-order valence-corrected chi connectivity index (χ3v) is 5.08. The summed E-state index contributed by atoms with van der Waals surface area (Å²) in [5.41, 5.74) is 0.461. The van der Waals surface area contributed by atoms with Crippen molar-refractivity contribution in [2.24, 2.45) is 0 Å². The van der Waals surface area contributed by atoms with E-state index in [0.717, 1.165) is 4.31 Å². The van der Waals surface area contributed by atoms with Gasteiger partial charge in [-0.25, -0.2) is 17.5 Å². The van der Waals surface area contributed by atoms with Crippen LogP contribution in [0.4, 0.5) is 6.01 Å². The molecule has 9 nitrogen and oxygen atoms in total. The summed E-state index contributed by atoms with van der Waals surface area (Å²) in [7, 11) is -2.72. The van der Waals surface area contributed by atoms with Gasteiger partial charge in [0.05, 0.1) is 12.3 Å². The second-order valence-electron chi connectivity index (χ2n) is 4.76. The van der Waals surface area contributed by atoms with Gasteiger partial charge in [0.1, 0.15) is 5.69 Å². The van der Waals surface area contributed by atoms with Crippen LogP contribution >= 0.6 is 0 Å². The van der Waals surface area contributed by atoms with Crippen molar-refractivity contribution >= 4 is 22.0 Å². The van der Waals surface area contributed by atoms with Crippen LogP contribution in [0.5, 0.6) is 0 Å². The van der Waals surface area contributed by atoms with Crippen molar-refractivity contribution in [3.63, 3.8) is 0 Å². The van der Waals surface area contributed by atoms with Crippen molar-refractivity contribution < 1.29 is 26.9 Å². The first-order valence-electron chi connectivity index (χ1n) is 6.76. The van der Waals surface area contributed by atoms with Crippen molar-refractivity contribution in [1.29, 1.82) is 0 Å². The maximum Gasteiger partial charge on any atom is 0.376 e. The molecule has 0 N–H and O–H groups in total. The molecule has 0 amide bonds. The first-order valence-corrected chi connectivity index (χ1v) is 8.20. The first kappa shape index (κ1) is 17.0. The van der Waals surface area contributed by atoms with Gasteiger partial charge in [0, 0.05) is 7.05 Å². The normalized spacial score (nSPS) is 11.5. The fraction of sp³-hybridized carbons (Fsp3) is 0.462. The number of hydrogen-bond donors (Lipinski definition) is 0. The first-order chi connectivity index (χ1) is 10.7. The number of ether oxygens (including phenoxy) is 1. The highest BCUT2D eigenvalue weighted by Gasteiger charge is 2.32. The molecule has 126 valence electrons. The van der Waals surface area contributed by atoms with Gasteiger partial charge in [-0.05, 0) is 27.7 Å². The molecule has 2 aromatic rings. The Hall–Kier alpha value is -2.36. The molecule has 2 rings (SSSR count). The van der Waals surface area contributed by atoms with Gasteiger partial charge >= 0.3 is 12.0 Å². The van der Waals surface area contributed by atoms with Gasteiger partial charge in [-0.1, -0.05) is 5.16 Å². The zero-order valence-corrected chi connectivity index (χ0v) is 14.2. The second-order valence-corrected chi connectivity index (χ2v) is 6.66. The van der Waals surface area contributed by atoms with Gasteiger partial charge in [0.15, 0.2) is 10.7 Å². The lowest BCUT2D eigenvalue weighted by Crippen LogP contribution is -2.27. The molecule has 0 unspecified atom stereocenters. The van der Waals surface area contributed by atoms with Gasteiger partial charge in [-0.15, -0.1) is 0 Å². The second kappa shape index (κ2) is 6.03. The predicted octanol–water partition coefficient (Wildman–Crippen LogP) is 1.59. The molecule has 0 saturated carbocycles. The van der Waals surface area contributed by atoms with Crippen LogP contribution in [0.3, 0.4) is 0 Å². The van der Waals surface area contributed by atoms with E-state index < -0.39 is 16.0 Å². The fourth-order valence-electron chi connectivity index (χ4n) is 1.99. The van der Waals surface area contributed by atoms with Gasteiger partial charge in [0.25, 0.3) is 10.0 Å². The summed E-state index contributed by atoms with van der Waals surface area (Å²) in [6.45, 7) is 6.35. The monoisotopic (exact) mass is 343 g/mol. The highest BCUT2D eigenvalue weighted by molar-refractivity contribution is 7.92. The number of rotatable bonds is 5. The van der Waals surface area contributed by atoms with Crippen molar-refractivity contribution in [3.05, 3.63) is 22.9 Å². The third kappa shape index (κ3) is 2.93. The predicted molar refractivity (Wildman–Crippen MR) is 78.8 cm³/mol. The molecule has 0 spiro atoms. The van der Waals surface area contributed by atoms with Crippen LogP contribution in [0.2, 0.25) is 0 Å². The molecule has 0 atom stereocenters. The number of aryl methyl sites for hydroxylation is 3. The molecule has 0 aliphatic rings. The molecule has 0 fully saturated rings. The molecule has 0 aliphatic heterocycles. The van der Waals surface area contributed by atoms with Crippen LogP contribution in [0.15, 0.2) is 13.8 Å². The average molecular weight is 343 g/mol. The number of sulfonamides is 1. The molecule has 0 aromatic carbocycles. The van der Waals surface area contributed by atoms with Crippen molar-refractivity contribution in [1.82, 2.24) is 10.1 Å². The SMILES string of the molecule is CCOC(=O)c1oc(N(C)S(=O)(=O)c2c(C)noc2C)nc1C. The van der Waals surface area contributed by atoms with E-state index in [2.05, 4.69) is 10.1 Å². The number of hydrogen-bond acceptors (Lipinski definition) is 8. The number of aromatic nitrogens is 2. The summed E-state index contributed by atoms with van der Waals surface area (Å²) >= 11 is 0. The van der Waals surface area contributed by atoms with Crippen molar-refractivity contribution in [3.8, 4) is 0 Å². The van der Waals surface area contributed by atoms with E-state index in [1.54, 1.807) is 6.92 Å². The minimum atomic E-state index is -3.98. The van der Waals surface area contributed by atoms with E-state index in [1.807, 2.05) is 0 Å². The van der Waals surface area contributed by atoms with Crippen LogP contribution in [0.1, 0.15) is 34.6 Å². The van der Waals surface area contributed by atoms with Crippen LogP contribution < -0.4 is 4.31 Å². The third-order valence-electron chi connectivity index (χ3n) is 3.10. The molecule has 0 saturated heterocycles. The van der Waals surface area contributed by atoms with E-state index in [9.17, 15) is 13.2 Å². The summed E-state index contributed by atoms with van der Waals surface area (Å²) in [6, 6.07) is -0.245. The quantitative estimate of drug-likeness (QED) is 0.751. The fourth-order valence-corrected chi connectivity index (χ4v) is 3.35. The zero-order chi connectivity index (χ0) is 17.4. The molecule has 0 bridgehead atoms. The maximum absolute atomic E-state index is 12.7. The lowest BCUT2D eigenvalue weighted by Gasteiger charge is -2.14. The molecular weight excluding hydrogens is 326 g/mol. The minimum absolute atomic E-state index is 0.0615. The topological polar surface area (TPSA) is 116 Å². The molecule has 0 aliphatic carbocycles. The van der Waals surface area contributed by atoms with Crippen LogP contribution in [-0.4, -0.2) is 38.2 Å². The van der Waals surface area contributed by atoms with Gasteiger partial charge < -0.3 is 13.7 Å².